The first-order valence-corrected chi connectivity index (χ1v) is 6.53. The summed E-state index contributed by atoms with van der Waals surface area (Å²) >= 11 is 0. The Morgan fingerprint density at radius 1 is 1.33 bits per heavy atom. The fourth-order valence-electron chi connectivity index (χ4n) is 2.08. The molecule has 0 atom stereocenters. The van der Waals surface area contributed by atoms with Crippen molar-refractivity contribution in [3.63, 3.8) is 0 Å². The van der Waals surface area contributed by atoms with Crippen molar-refractivity contribution < 1.29 is 4.79 Å². The van der Waals surface area contributed by atoms with Crippen molar-refractivity contribution in [2.75, 3.05) is 6.54 Å². The van der Waals surface area contributed by atoms with Gasteiger partial charge in [-0.3, -0.25) is 4.79 Å². The molecule has 0 aliphatic carbocycles. The molecule has 96 valence electrons. The van der Waals surface area contributed by atoms with E-state index in [-0.39, 0.29) is 5.91 Å². The van der Waals surface area contributed by atoms with Crippen LogP contribution in [0.1, 0.15) is 37.0 Å². The molecule has 0 bridgehead atoms. The summed E-state index contributed by atoms with van der Waals surface area (Å²) in [6.45, 7) is 5.14. The number of rotatable bonds is 5. The van der Waals surface area contributed by atoms with E-state index >= 15 is 0 Å². The van der Waals surface area contributed by atoms with Gasteiger partial charge in [0.1, 0.15) is 0 Å². The highest BCUT2D eigenvalue weighted by molar-refractivity contribution is 6.05. The molecule has 1 aromatic heterocycles. The van der Waals surface area contributed by atoms with Crippen LogP contribution >= 0.6 is 0 Å². The monoisotopic (exact) mass is 244 g/mol. The molecule has 2 aromatic rings. The number of benzene rings is 1. The van der Waals surface area contributed by atoms with E-state index in [1.807, 2.05) is 30.5 Å². The Hall–Kier alpha value is -1.77. The fourth-order valence-corrected chi connectivity index (χ4v) is 2.08. The molecule has 0 saturated heterocycles. The second-order valence-corrected chi connectivity index (χ2v) is 5.04. The van der Waals surface area contributed by atoms with Crippen molar-refractivity contribution in [2.24, 2.45) is 5.92 Å². The van der Waals surface area contributed by atoms with Gasteiger partial charge < -0.3 is 10.3 Å². The zero-order chi connectivity index (χ0) is 13.0. The van der Waals surface area contributed by atoms with Gasteiger partial charge in [-0.05, 0) is 30.9 Å². The summed E-state index contributed by atoms with van der Waals surface area (Å²) in [6, 6.07) is 7.75. The molecule has 2 N–H and O–H groups in total. The molecule has 0 saturated carbocycles. The van der Waals surface area contributed by atoms with E-state index in [2.05, 4.69) is 24.1 Å². The van der Waals surface area contributed by atoms with E-state index in [0.29, 0.717) is 5.92 Å². The normalized spacial score (nSPS) is 11.1. The van der Waals surface area contributed by atoms with Crippen LogP contribution in [-0.2, 0) is 0 Å². The molecule has 0 aliphatic heterocycles. The number of H-pyrrole nitrogens is 1. The zero-order valence-corrected chi connectivity index (χ0v) is 11.0. The first kappa shape index (κ1) is 12.7. The van der Waals surface area contributed by atoms with Crippen LogP contribution in [0.15, 0.2) is 30.5 Å². The first-order chi connectivity index (χ1) is 8.68. The maximum Gasteiger partial charge on any atom is 0.253 e. The van der Waals surface area contributed by atoms with Crippen molar-refractivity contribution in [3.05, 3.63) is 36.0 Å². The van der Waals surface area contributed by atoms with Crippen molar-refractivity contribution in [3.8, 4) is 0 Å². The molecule has 18 heavy (non-hydrogen) atoms. The summed E-state index contributed by atoms with van der Waals surface area (Å²) in [5.41, 5.74) is 1.64. The Morgan fingerprint density at radius 2 is 2.17 bits per heavy atom. The Bertz CT molecular complexity index is 528. The number of aromatic nitrogens is 1. The second kappa shape index (κ2) is 5.71. The smallest absolute Gasteiger partial charge is 0.253 e. The number of hydrogen-bond donors (Lipinski definition) is 2. The standard InChI is InChI=1S/C15H20N2O/c1-11(2)5-4-9-17-15(18)13-7-3-6-12-8-10-16-14(12)13/h3,6-8,10-11,16H,4-5,9H2,1-2H3,(H,17,18). The van der Waals surface area contributed by atoms with Crippen LogP contribution in [-0.4, -0.2) is 17.4 Å². The summed E-state index contributed by atoms with van der Waals surface area (Å²) in [4.78, 5) is 15.2. The number of hydrogen-bond acceptors (Lipinski definition) is 1. The minimum atomic E-state index is 0.00630. The molecule has 0 spiro atoms. The van der Waals surface area contributed by atoms with E-state index in [1.165, 1.54) is 0 Å². The van der Waals surface area contributed by atoms with E-state index in [9.17, 15) is 4.79 Å². The van der Waals surface area contributed by atoms with Crippen LogP contribution in [0.5, 0.6) is 0 Å². The zero-order valence-electron chi connectivity index (χ0n) is 11.0. The topological polar surface area (TPSA) is 44.9 Å². The molecule has 3 nitrogen and oxygen atoms in total. The summed E-state index contributed by atoms with van der Waals surface area (Å²) in [5, 5.41) is 4.05. The Balaban J connectivity index is 1.98. The first-order valence-electron chi connectivity index (χ1n) is 6.53. The van der Waals surface area contributed by atoms with Gasteiger partial charge in [0.25, 0.3) is 5.91 Å². The molecular weight excluding hydrogens is 224 g/mol. The van der Waals surface area contributed by atoms with Gasteiger partial charge in [-0.1, -0.05) is 26.0 Å². The number of fused-ring (bicyclic) bond motifs is 1. The lowest BCUT2D eigenvalue weighted by molar-refractivity contribution is 0.0954. The lowest BCUT2D eigenvalue weighted by Crippen LogP contribution is -2.24. The quantitative estimate of drug-likeness (QED) is 0.778. The molecular formula is C15H20N2O. The number of carbonyl (C=O) groups excluding carboxylic acids is 1. The van der Waals surface area contributed by atoms with Crippen LogP contribution in [0.2, 0.25) is 0 Å². The van der Waals surface area contributed by atoms with Gasteiger partial charge in [0, 0.05) is 18.1 Å². The molecule has 0 radical (unpaired) electrons. The summed E-state index contributed by atoms with van der Waals surface area (Å²) in [5.74, 6) is 0.695. The molecule has 2 rings (SSSR count). The van der Waals surface area contributed by atoms with Gasteiger partial charge in [-0.15, -0.1) is 0 Å². The molecule has 1 aromatic carbocycles. The van der Waals surface area contributed by atoms with Crippen molar-refractivity contribution in [1.29, 1.82) is 0 Å². The number of amides is 1. The van der Waals surface area contributed by atoms with E-state index in [0.717, 1.165) is 35.9 Å². The predicted octanol–water partition coefficient (Wildman–Crippen LogP) is 3.33. The molecule has 1 amide bonds. The van der Waals surface area contributed by atoms with Gasteiger partial charge >= 0.3 is 0 Å². The highest BCUT2D eigenvalue weighted by Crippen LogP contribution is 2.16. The third-order valence-corrected chi connectivity index (χ3v) is 3.08. The van der Waals surface area contributed by atoms with Crippen molar-refractivity contribution >= 4 is 16.8 Å². The molecule has 1 heterocycles. The second-order valence-electron chi connectivity index (χ2n) is 5.04. The molecule has 3 heteroatoms. The largest absolute Gasteiger partial charge is 0.361 e. The van der Waals surface area contributed by atoms with E-state index < -0.39 is 0 Å². The third kappa shape index (κ3) is 2.92. The highest BCUT2D eigenvalue weighted by atomic mass is 16.1. The van der Waals surface area contributed by atoms with Gasteiger partial charge in [-0.25, -0.2) is 0 Å². The van der Waals surface area contributed by atoms with Crippen LogP contribution in [0.4, 0.5) is 0 Å². The molecule has 0 unspecified atom stereocenters. The number of carbonyl (C=O) groups is 1. The van der Waals surface area contributed by atoms with Gasteiger partial charge in [0.2, 0.25) is 0 Å². The Labute approximate surface area is 108 Å². The average molecular weight is 244 g/mol. The van der Waals surface area contributed by atoms with Crippen molar-refractivity contribution in [1.82, 2.24) is 10.3 Å². The van der Waals surface area contributed by atoms with E-state index in [4.69, 9.17) is 0 Å². The van der Waals surface area contributed by atoms with E-state index in [1.54, 1.807) is 0 Å². The third-order valence-electron chi connectivity index (χ3n) is 3.08. The number of nitrogens with one attached hydrogen (secondary N) is 2. The summed E-state index contributed by atoms with van der Waals surface area (Å²) in [6.07, 6.45) is 4.04. The fraction of sp³-hybridized carbons (Fsp3) is 0.400. The average Bonchev–Trinajstić information content (AvgIpc) is 2.82. The van der Waals surface area contributed by atoms with Gasteiger partial charge in [0.15, 0.2) is 0 Å². The minimum Gasteiger partial charge on any atom is -0.361 e. The maximum absolute atomic E-state index is 12.1. The van der Waals surface area contributed by atoms with Gasteiger partial charge in [0.05, 0.1) is 11.1 Å². The van der Waals surface area contributed by atoms with Gasteiger partial charge in [-0.2, -0.15) is 0 Å². The summed E-state index contributed by atoms with van der Waals surface area (Å²) < 4.78 is 0. The SMILES string of the molecule is CC(C)CCCNC(=O)c1cccc2cc[nH]c12. The Kier molecular flexibility index (Phi) is 4.03. The minimum absolute atomic E-state index is 0.00630. The predicted molar refractivity (Wildman–Crippen MR) is 74.7 cm³/mol. The number of para-hydroxylation sites is 1. The maximum atomic E-state index is 12.1. The lowest BCUT2D eigenvalue weighted by Gasteiger charge is -2.07. The molecule has 0 fully saturated rings. The van der Waals surface area contributed by atoms with Crippen molar-refractivity contribution in [2.45, 2.75) is 26.7 Å². The molecule has 0 aliphatic rings. The van der Waals surface area contributed by atoms with Crippen LogP contribution in [0.3, 0.4) is 0 Å². The highest BCUT2D eigenvalue weighted by Gasteiger charge is 2.09. The summed E-state index contributed by atoms with van der Waals surface area (Å²) in [7, 11) is 0. The van der Waals surface area contributed by atoms with Crippen LogP contribution in [0, 0.1) is 5.92 Å². The van der Waals surface area contributed by atoms with Crippen LogP contribution < -0.4 is 5.32 Å². The van der Waals surface area contributed by atoms with Crippen LogP contribution in [0.25, 0.3) is 10.9 Å². The Morgan fingerprint density at radius 3 is 2.94 bits per heavy atom. The lowest BCUT2D eigenvalue weighted by atomic mass is 10.1. The number of aromatic amines is 1.